The molecule has 27 heavy (non-hydrogen) atoms. The van der Waals surface area contributed by atoms with Crippen molar-refractivity contribution in [2.24, 2.45) is 12.1 Å². The van der Waals surface area contributed by atoms with Crippen molar-refractivity contribution in [1.82, 2.24) is 20.2 Å². The number of benzene rings is 2. The van der Waals surface area contributed by atoms with Crippen molar-refractivity contribution in [1.29, 1.82) is 0 Å². The number of hydrogen-bond donors (Lipinski definition) is 1. The number of hydrazone groups is 1. The number of carbonyl (C=O) groups excluding carboxylic acids is 1. The highest BCUT2D eigenvalue weighted by molar-refractivity contribution is 9.10. The Morgan fingerprint density at radius 2 is 1.89 bits per heavy atom. The molecule has 0 bridgehead atoms. The molecule has 1 heterocycles. The van der Waals surface area contributed by atoms with Gasteiger partial charge in [0.05, 0.1) is 12.0 Å². The highest BCUT2D eigenvalue weighted by Crippen LogP contribution is 2.23. The van der Waals surface area contributed by atoms with E-state index < -0.39 is 0 Å². The third-order valence-electron chi connectivity index (χ3n) is 3.75. The first-order valence-corrected chi connectivity index (χ1v) is 9.97. The van der Waals surface area contributed by atoms with E-state index in [1.165, 1.54) is 17.3 Å². The van der Waals surface area contributed by atoms with Crippen LogP contribution in [0.15, 0.2) is 63.3 Å². The number of hydrogen-bond acceptors (Lipinski definition) is 5. The number of rotatable bonds is 6. The van der Waals surface area contributed by atoms with Crippen molar-refractivity contribution < 1.29 is 4.79 Å². The van der Waals surface area contributed by atoms with Crippen LogP contribution in [-0.2, 0) is 11.8 Å². The minimum absolute atomic E-state index is 0.198. The molecule has 3 aromatic rings. The van der Waals surface area contributed by atoms with Crippen LogP contribution < -0.4 is 5.43 Å². The Morgan fingerprint density at radius 3 is 2.59 bits per heavy atom. The average molecular weight is 444 g/mol. The SMILES string of the molecule is Cc1ccc(C=NNC(=O)CSc2nnc(-c3ccc(Br)cc3)n2C)cc1. The molecule has 0 radical (unpaired) electrons. The largest absolute Gasteiger partial charge is 0.305 e. The second-order valence-electron chi connectivity index (χ2n) is 5.86. The number of aromatic nitrogens is 3. The molecular formula is C19H18BrN5OS. The molecule has 0 aliphatic heterocycles. The molecule has 8 heteroatoms. The highest BCUT2D eigenvalue weighted by Gasteiger charge is 2.12. The standard InChI is InChI=1S/C19H18BrN5OS/c1-13-3-5-14(6-4-13)11-21-22-17(26)12-27-19-24-23-18(25(19)2)15-7-9-16(20)10-8-15/h3-11H,12H2,1-2H3,(H,22,26). The lowest BCUT2D eigenvalue weighted by Gasteiger charge is -2.04. The topological polar surface area (TPSA) is 72.2 Å². The van der Waals surface area contributed by atoms with Gasteiger partial charge in [-0.2, -0.15) is 5.10 Å². The summed E-state index contributed by atoms with van der Waals surface area (Å²) in [7, 11) is 1.88. The molecule has 6 nitrogen and oxygen atoms in total. The molecule has 0 fully saturated rings. The van der Waals surface area contributed by atoms with Crippen molar-refractivity contribution in [2.75, 3.05) is 5.75 Å². The van der Waals surface area contributed by atoms with Crippen LogP contribution in [0.3, 0.4) is 0 Å². The lowest BCUT2D eigenvalue weighted by atomic mass is 10.2. The zero-order chi connectivity index (χ0) is 19.2. The van der Waals surface area contributed by atoms with Crippen molar-refractivity contribution in [2.45, 2.75) is 12.1 Å². The Kier molecular flexibility index (Phi) is 6.41. The third kappa shape index (κ3) is 5.27. The molecule has 0 atom stereocenters. The Bertz CT molecular complexity index is 951. The van der Waals surface area contributed by atoms with Gasteiger partial charge in [-0.1, -0.05) is 69.7 Å². The first kappa shape index (κ1) is 19.3. The van der Waals surface area contributed by atoms with Crippen LogP contribution in [0.5, 0.6) is 0 Å². The molecule has 0 saturated heterocycles. The molecule has 1 amide bonds. The molecule has 3 rings (SSSR count). The number of thioether (sulfide) groups is 1. The van der Waals surface area contributed by atoms with E-state index in [1.807, 2.05) is 67.1 Å². The van der Waals surface area contributed by atoms with Crippen LogP contribution >= 0.6 is 27.7 Å². The predicted molar refractivity (Wildman–Crippen MR) is 112 cm³/mol. The molecule has 0 aliphatic rings. The molecule has 1 N–H and O–H groups in total. The number of amides is 1. The van der Waals surface area contributed by atoms with Crippen LogP contribution in [0.1, 0.15) is 11.1 Å². The van der Waals surface area contributed by atoms with Gasteiger partial charge in [-0.25, -0.2) is 5.43 Å². The summed E-state index contributed by atoms with van der Waals surface area (Å²) < 4.78 is 2.88. The quantitative estimate of drug-likeness (QED) is 0.357. The summed E-state index contributed by atoms with van der Waals surface area (Å²) in [5.41, 5.74) is 5.60. The smallest absolute Gasteiger partial charge is 0.250 e. The predicted octanol–water partition coefficient (Wildman–Crippen LogP) is 3.80. The van der Waals surface area contributed by atoms with E-state index in [-0.39, 0.29) is 11.7 Å². The second kappa shape index (κ2) is 8.96. The maximum absolute atomic E-state index is 12.0. The Balaban J connectivity index is 1.54. The van der Waals surface area contributed by atoms with Gasteiger partial charge in [-0.3, -0.25) is 4.79 Å². The summed E-state index contributed by atoms with van der Waals surface area (Å²) in [6.07, 6.45) is 1.62. The minimum Gasteiger partial charge on any atom is -0.305 e. The third-order valence-corrected chi connectivity index (χ3v) is 5.30. The van der Waals surface area contributed by atoms with Crippen LogP contribution in [0.25, 0.3) is 11.4 Å². The molecule has 0 aliphatic carbocycles. The Hall–Kier alpha value is -2.45. The van der Waals surface area contributed by atoms with Gasteiger partial charge in [0.2, 0.25) is 0 Å². The number of carbonyl (C=O) groups is 1. The first-order chi connectivity index (χ1) is 13.0. The van der Waals surface area contributed by atoms with Gasteiger partial charge >= 0.3 is 0 Å². The van der Waals surface area contributed by atoms with E-state index in [0.29, 0.717) is 5.16 Å². The fourth-order valence-corrected chi connectivity index (χ4v) is 3.25. The van der Waals surface area contributed by atoms with E-state index in [4.69, 9.17) is 0 Å². The minimum atomic E-state index is -0.198. The summed E-state index contributed by atoms with van der Waals surface area (Å²) in [5, 5.41) is 13.0. The second-order valence-corrected chi connectivity index (χ2v) is 7.72. The molecule has 0 saturated carbocycles. The van der Waals surface area contributed by atoms with Gasteiger partial charge in [0.25, 0.3) is 5.91 Å². The fraction of sp³-hybridized carbons (Fsp3) is 0.158. The summed E-state index contributed by atoms with van der Waals surface area (Å²) in [5.74, 6) is 0.761. The van der Waals surface area contributed by atoms with Crippen LogP contribution in [0.2, 0.25) is 0 Å². The summed E-state index contributed by atoms with van der Waals surface area (Å²) >= 11 is 4.73. The van der Waals surface area contributed by atoms with Crippen molar-refractivity contribution in [3.63, 3.8) is 0 Å². The molecule has 138 valence electrons. The van der Waals surface area contributed by atoms with Gasteiger partial charge < -0.3 is 4.57 Å². The molecule has 1 aromatic heterocycles. The Labute approximate surface area is 170 Å². The van der Waals surface area contributed by atoms with Crippen LogP contribution in [0.4, 0.5) is 0 Å². The van der Waals surface area contributed by atoms with Crippen molar-refractivity contribution in [3.8, 4) is 11.4 Å². The zero-order valence-corrected chi connectivity index (χ0v) is 17.3. The van der Waals surface area contributed by atoms with Crippen LogP contribution in [-0.4, -0.2) is 32.6 Å². The maximum Gasteiger partial charge on any atom is 0.250 e. The van der Waals surface area contributed by atoms with E-state index in [9.17, 15) is 4.79 Å². The number of nitrogens with zero attached hydrogens (tertiary/aromatic N) is 4. The number of halogens is 1. The van der Waals surface area contributed by atoms with E-state index in [0.717, 1.165) is 21.4 Å². The number of nitrogens with one attached hydrogen (secondary N) is 1. The molecule has 0 spiro atoms. The molecule has 2 aromatic carbocycles. The first-order valence-electron chi connectivity index (χ1n) is 8.19. The van der Waals surface area contributed by atoms with E-state index in [1.54, 1.807) is 6.21 Å². The monoisotopic (exact) mass is 443 g/mol. The van der Waals surface area contributed by atoms with Gasteiger partial charge in [0.15, 0.2) is 11.0 Å². The van der Waals surface area contributed by atoms with Crippen LogP contribution in [0, 0.1) is 6.92 Å². The summed E-state index contributed by atoms with van der Waals surface area (Å²) in [6, 6.07) is 15.7. The molecule has 0 unspecified atom stereocenters. The maximum atomic E-state index is 12.0. The number of aryl methyl sites for hydroxylation is 1. The van der Waals surface area contributed by atoms with Gasteiger partial charge in [-0.15, -0.1) is 10.2 Å². The lowest BCUT2D eigenvalue weighted by Crippen LogP contribution is -2.19. The Morgan fingerprint density at radius 1 is 1.19 bits per heavy atom. The lowest BCUT2D eigenvalue weighted by molar-refractivity contribution is -0.118. The summed E-state index contributed by atoms with van der Waals surface area (Å²) in [6.45, 7) is 2.02. The zero-order valence-electron chi connectivity index (χ0n) is 14.9. The van der Waals surface area contributed by atoms with Gasteiger partial charge in [-0.05, 0) is 24.6 Å². The fourth-order valence-electron chi connectivity index (χ4n) is 2.28. The van der Waals surface area contributed by atoms with Crippen molar-refractivity contribution >= 4 is 39.8 Å². The van der Waals surface area contributed by atoms with E-state index >= 15 is 0 Å². The summed E-state index contributed by atoms with van der Waals surface area (Å²) in [4.78, 5) is 12.0. The molecular weight excluding hydrogens is 426 g/mol. The van der Waals surface area contributed by atoms with E-state index in [2.05, 4.69) is 36.7 Å². The van der Waals surface area contributed by atoms with Gasteiger partial charge in [0.1, 0.15) is 0 Å². The average Bonchev–Trinajstić information content (AvgIpc) is 3.03. The van der Waals surface area contributed by atoms with Crippen molar-refractivity contribution in [3.05, 3.63) is 64.1 Å². The normalized spacial score (nSPS) is 11.1. The van der Waals surface area contributed by atoms with Gasteiger partial charge in [0, 0.05) is 17.1 Å². The highest BCUT2D eigenvalue weighted by atomic mass is 79.9.